The number of thiophene rings is 1. The molecule has 3 heterocycles. The fraction of sp³-hybridized carbons (Fsp3) is 0.462. The smallest absolute Gasteiger partial charge is 0.252 e. The molecule has 8 nitrogen and oxygen atoms in total. The van der Waals surface area contributed by atoms with Gasteiger partial charge in [-0.1, -0.05) is 0 Å². The average Bonchev–Trinajstić information content (AvgIpc) is 3.19. The highest BCUT2D eigenvalue weighted by Gasteiger charge is 2.34. The average molecular weight is 355 g/mol. The van der Waals surface area contributed by atoms with Crippen molar-refractivity contribution in [1.82, 2.24) is 19.5 Å². The third kappa shape index (κ3) is 3.43. The van der Waals surface area contributed by atoms with E-state index in [0.717, 1.165) is 4.88 Å². The maximum Gasteiger partial charge on any atom is 0.252 e. The number of nitrogens with zero attached hydrogens (tertiary/aromatic N) is 3. The van der Waals surface area contributed by atoms with E-state index >= 15 is 0 Å². The molecule has 0 spiro atoms. The van der Waals surface area contributed by atoms with Gasteiger partial charge in [-0.25, -0.2) is 13.5 Å². The van der Waals surface area contributed by atoms with Gasteiger partial charge in [-0.05, 0) is 31.9 Å². The van der Waals surface area contributed by atoms with E-state index in [2.05, 4.69) is 20.5 Å². The maximum absolute atomic E-state index is 12.7. The molecule has 1 atom stereocenters. The Balaban J connectivity index is 1.71. The van der Waals surface area contributed by atoms with Crippen LogP contribution < -0.4 is 5.32 Å². The molecule has 10 heteroatoms. The number of carbonyl (C=O) groups is 1. The largest absolute Gasteiger partial charge is 0.295 e. The van der Waals surface area contributed by atoms with Gasteiger partial charge < -0.3 is 0 Å². The number of sulfonamides is 1. The standard InChI is InChI=1S/C13H17N5O3S2/c1-9-4-5-11(22-9)23(20,21)18-6-2-3-10(7-18)12(19)16-13-14-8-15-17-13/h4-5,8,10H,2-3,6-7H2,1H3,(H2,14,15,16,17,19)/t10-/m1/s1. The molecule has 0 unspecified atom stereocenters. The summed E-state index contributed by atoms with van der Waals surface area (Å²) in [6.45, 7) is 2.48. The Morgan fingerprint density at radius 2 is 2.30 bits per heavy atom. The molecule has 1 aliphatic heterocycles. The van der Waals surface area contributed by atoms with Crippen LogP contribution in [0.1, 0.15) is 17.7 Å². The number of amides is 1. The summed E-state index contributed by atoms with van der Waals surface area (Å²) in [5.41, 5.74) is 0. The van der Waals surface area contributed by atoms with Gasteiger partial charge in [-0.2, -0.15) is 14.4 Å². The molecule has 23 heavy (non-hydrogen) atoms. The molecule has 2 aromatic rings. The van der Waals surface area contributed by atoms with Gasteiger partial charge in [0.25, 0.3) is 10.0 Å². The van der Waals surface area contributed by atoms with Gasteiger partial charge in [-0.15, -0.1) is 11.3 Å². The van der Waals surface area contributed by atoms with Crippen LogP contribution in [-0.4, -0.2) is 46.9 Å². The number of anilines is 1. The van der Waals surface area contributed by atoms with E-state index in [1.165, 1.54) is 22.0 Å². The summed E-state index contributed by atoms with van der Waals surface area (Å²) in [7, 11) is -3.53. The molecule has 0 bridgehead atoms. The summed E-state index contributed by atoms with van der Waals surface area (Å²) in [5, 5.41) is 8.84. The Kier molecular flexibility index (Phi) is 4.46. The van der Waals surface area contributed by atoms with Crippen molar-refractivity contribution in [2.45, 2.75) is 24.0 Å². The second-order valence-corrected chi connectivity index (χ2v) is 8.84. The van der Waals surface area contributed by atoms with Gasteiger partial charge in [0, 0.05) is 18.0 Å². The molecule has 124 valence electrons. The molecule has 0 saturated carbocycles. The second-order valence-electron chi connectivity index (χ2n) is 5.39. The molecule has 1 amide bonds. The first kappa shape index (κ1) is 16.1. The van der Waals surface area contributed by atoms with Gasteiger partial charge in [0.15, 0.2) is 0 Å². The fourth-order valence-corrected chi connectivity index (χ4v) is 5.50. The minimum absolute atomic E-state index is 0.180. The molecule has 1 aliphatic rings. The summed E-state index contributed by atoms with van der Waals surface area (Å²) in [4.78, 5) is 17.0. The topological polar surface area (TPSA) is 108 Å². The first-order valence-corrected chi connectivity index (χ1v) is 9.45. The van der Waals surface area contributed by atoms with Crippen molar-refractivity contribution < 1.29 is 13.2 Å². The Morgan fingerprint density at radius 3 is 2.96 bits per heavy atom. The number of piperidine rings is 1. The number of hydrogen-bond donors (Lipinski definition) is 2. The molecule has 0 aliphatic carbocycles. The highest BCUT2D eigenvalue weighted by molar-refractivity contribution is 7.91. The molecule has 2 aromatic heterocycles. The van der Waals surface area contributed by atoms with Crippen molar-refractivity contribution in [3.63, 3.8) is 0 Å². The van der Waals surface area contributed by atoms with E-state index in [0.29, 0.717) is 23.6 Å². The number of rotatable bonds is 4. The Hall–Kier alpha value is -1.78. The lowest BCUT2D eigenvalue weighted by Gasteiger charge is -2.30. The van der Waals surface area contributed by atoms with Gasteiger partial charge in [0.1, 0.15) is 10.5 Å². The SMILES string of the molecule is Cc1ccc(S(=O)(=O)N2CCC[C@@H](C(=O)Nc3ncn[nH]3)C2)s1. The van der Waals surface area contributed by atoms with E-state index in [4.69, 9.17) is 0 Å². The Bertz CT molecular complexity index is 784. The zero-order valence-corrected chi connectivity index (χ0v) is 14.2. The zero-order valence-electron chi connectivity index (χ0n) is 12.5. The lowest BCUT2D eigenvalue weighted by molar-refractivity contribution is -0.120. The van der Waals surface area contributed by atoms with Crippen molar-refractivity contribution >= 4 is 33.2 Å². The summed E-state index contributed by atoms with van der Waals surface area (Å²) in [6.07, 6.45) is 2.60. The molecule has 2 N–H and O–H groups in total. The van der Waals surface area contributed by atoms with E-state index in [-0.39, 0.29) is 18.4 Å². The van der Waals surface area contributed by atoms with Crippen LogP contribution in [0.3, 0.4) is 0 Å². The first-order chi connectivity index (χ1) is 11.0. The van der Waals surface area contributed by atoms with Crippen LogP contribution in [0, 0.1) is 12.8 Å². The van der Waals surface area contributed by atoms with Crippen molar-refractivity contribution in [3.8, 4) is 0 Å². The van der Waals surface area contributed by atoms with Crippen molar-refractivity contribution in [2.75, 3.05) is 18.4 Å². The summed E-state index contributed by atoms with van der Waals surface area (Å²) >= 11 is 1.25. The third-order valence-corrected chi connectivity index (χ3v) is 7.05. The third-order valence-electron chi connectivity index (χ3n) is 3.72. The van der Waals surface area contributed by atoms with Crippen LogP contribution in [0.2, 0.25) is 0 Å². The number of aryl methyl sites for hydroxylation is 1. The van der Waals surface area contributed by atoms with Crippen molar-refractivity contribution in [3.05, 3.63) is 23.3 Å². The number of H-pyrrole nitrogens is 1. The molecule has 3 rings (SSSR count). The van der Waals surface area contributed by atoms with Gasteiger partial charge in [0.05, 0.1) is 5.92 Å². The minimum Gasteiger partial charge on any atom is -0.295 e. The molecule has 1 fully saturated rings. The highest BCUT2D eigenvalue weighted by Crippen LogP contribution is 2.28. The van der Waals surface area contributed by atoms with Crippen molar-refractivity contribution in [2.24, 2.45) is 5.92 Å². The molecule has 0 radical (unpaired) electrons. The number of hydrogen-bond acceptors (Lipinski definition) is 6. The van der Waals surface area contributed by atoms with Crippen LogP contribution in [0.25, 0.3) is 0 Å². The number of aromatic amines is 1. The van der Waals surface area contributed by atoms with Gasteiger partial charge in [-0.3, -0.25) is 10.1 Å². The van der Waals surface area contributed by atoms with Gasteiger partial charge in [0.2, 0.25) is 11.9 Å². The minimum atomic E-state index is -3.53. The lowest BCUT2D eigenvalue weighted by atomic mass is 9.99. The van der Waals surface area contributed by atoms with Gasteiger partial charge >= 0.3 is 0 Å². The normalized spacial score (nSPS) is 19.6. The Labute approximate surface area is 138 Å². The predicted molar refractivity (Wildman–Crippen MR) is 85.6 cm³/mol. The van der Waals surface area contributed by atoms with Crippen LogP contribution in [0.4, 0.5) is 5.95 Å². The predicted octanol–water partition coefficient (Wildman–Crippen LogP) is 1.21. The van der Waals surface area contributed by atoms with E-state index in [9.17, 15) is 13.2 Å². The quantitative estimate of drug-likeness (QED) is 0.857. The molecular formula is C13H17N5O3S2. The zero-order chi connectivity index (χ0) is 16.4. The second kappa shape index (κ2) is 6.38. The number of aromatic nitrogens is 3. The van der Waals surface area contributed by atoms with Crippen LogP contribution in [-0.2, 0) is 14.8 Å². The summed E-state index contributed by atoms with van der Waals surface area (Å²) in [5.74, 6) is -0.377. The fourth-order valence-electron chi connectivity index (χ4n) is 2.54. The van der Waals surface area contributed by atoms with E-state index in [1.54, 1.807) is 12.1 Å². The number of nitrogens with one attached hydrogen (secondary N) is 2. The summed E-state index contributed by atoms with van der Waals surface area (Å²) in [6, 6.07) is 3.41. The molecular weight excluding hydrogens is 338 g/mol. The van der Waals surface area contributed by atoms with E-state index < -0.39 is 15.9 Å². The number of carbonyl (C=O) groups excluding carboxylic acids is 1. The monoisotopic (exact) mass is 355 g/mol. The maximum atomic E-state index is 12.7. The molecule has 0 aromatic carbocycles. The van der Waals surface area contributed by atoms with Crippen LogP contribution in [0.15, 0.2) is 22.7 Å². The van der Waals surface area contributed by atoms with Crippen LogP contribution >= 0.6 is 11.3 Å². The highest BCUT2D eigenvalue weighted by atomic mass is 32.2. The summed E-state index contributed by atoms with van der Waals surface area (Å²) < 4.78 is 27.0. The first-order valence-electron chi connectivity index (χ1n) is 7.19. The molecule has 1 saturated heterocycles. The lowest BCUT2D eigenvalue weighted by Crippen LogP contribution is -2.43. The van der Waals surface area contributed by atoms with E-state index in [1.807, 2.05) is 6.92 Å². The van der Waals surface area contributed by atoms with Crippen molar-refractivity contribution in [1.29, 1.82) is 0 Å². The Morgan fingerprint density at radius 1 is 1.48 bits per heavy atom. The van der Waals surface area contributed by atoms with Crippen LogP contribution in [0.5, 0.6) is 0 Å².